The molecule has 0 saturated carbocycles. The maximum atomic E-state index is 9.40. The van der Waals surface area contributed by atoms with E-state index in [1.807, 2.05) is 6.92 Å². The van der Waals surface area contributed by atoms with Crippen LogP contribution in [0.15, 0.2) is 0 Å². The van der Waals surface area contributed by atoms with Gasteiger partial charge in [-0.3, -0.25) is 0 Å². The molecular weight excluding hydrogens is 232 g/mol. The van der Waals surface area contributed by atoms with Crippen molar-refractivity contribution < 1.29 is 9.84 Å². The summed E-state index contributed by atoms with van der Waals surface area (Å²) in [6, 6.07) is 2.05. The Morgan fingerprint density at radius 2 is 2.50 bits per heavy atom. The second kappa shape index (κ2) is 5.94. The van der Waals surface area contributed by atoms with E-state index in [1.54, 1.807) is 4.68 Å². The summed E-state index contributed by atoms with van der Waals surface area (Å²) < 4.78 is 7.19. The van der Waals surface area contributed by atoms with Crippen molar-refractivity contribution in [2.24, 2.45) is 0 Å². The first-order valence-corrected chi connectivity index (χ1v) is 6.31. The first-order valence-electron chi connectivity index (χ1n) is 6.31. The van der Waals surface area contributed by atoms with Gasteiger partial charge in [-0.1, -0.05) is 12.1 Å². The summed E-state index contributed by atoms with van der Waals surface area (Å²) in [4.78, 5) is 0. The Hall–Kier alpha value is -1.45. The third kappa shape index (κ3) is 2.37. The fourth-order valence-corrected chi connectivity index (χ4v) is 2.36. The Morgan fingerprint density at radius 1 is 1.67 bits per heavy atom. The highest BCUT2D eigenvalue weighted by Crippen LogP contribution is 2.29. The van der Waals surface area contributed by atoms with Crippen LogP contribution in [0.5, 0.6) is 0 Å². The number of aromatic nitrogens is 3. The van der Waals surface area contributed by atoms with Crippen LogP contribution in [0, 0.1) is 11.3 Å². The van der Waals surface area contributed by atoms with E-state index >= 15 is 0 Å². The van der Waals surface area contributed by atoms with Crippen molar-refractivity contribution in [3.63, 3.8) is 0 Å². The maximum absolute atomic E-state index is 9.40. The molecule has 1 N–H and O–H groups in total. The zero-order valence-electron chi connectivity index (χ0n) is 10.5. The molecular formula is C12H18N4O2. The minimum atomic E-state index is -0.0689. The van der Waals surface area contributed by atoms with Gasteiger partial charge in [0, 0.05) is 12.5 Å². The van der Waals surface area contributed by atoms with Crippen LogP contribution in [-0.4, -0.2) is 39.9 Å². The summed E-state index contributed by atoms with van der Waals surface area (Å²) in [5.74, 6) is 0.240. The summed E-state index contributed by atoms with van der Waals surface area (Å²) in [6.45, 7) is 3.42. The van der Waals surface area contributed by atoms with Gasteiger partial charge in [0.1, 0.15) is 5.69 Å². The molecule has 2 heterocycles. The van der Waals surface area contributed by atoms with Crippen molar-refractivity contribution in [3.05, 3.63) is 11.4 Å². The third-order valence-electron chi connectivity index (χ3n) is 3.40. The minimum absolute atomic E-state index is 0.0342. The van der Waals surface area contributed by atoms with Gasteiger partial charge in [0.05, 0.1) is 37.4 Å². The number of nitriles is 1. The first-order chi connectivity index (χ1) is 8.81. The second-order valence-corrected chi connectivity index (χ2v) is 4.51. The molecule has 2 rings (SSSR count). The van der Waals surface area contributed by atoms with Crippen molar-refractivity contribution in [1.29, 1.82) is 5.26 Å². The van der Waals surface area contributed by atoms with Crippen LogP contribution in [0.2, 0.25) is 0 Å². The molecule has 1 aromatic heterocycles. The van der Waals surface area contributed by atoms with E-state index in [-0.39, 0.29) is 25.0 Å². The van der Waals surface area contributed by atoms with Gasteiger partial charge < -0.3 is 9.84 Å². The smallest absolute Gasteiger partial charge is 0.100 e. The highest BCUT2D eigenvalue weighted by molar-refractivity contribution is 5.20. The average molecular weight is 250 g/mol. The highest BCUT2D eigenvalue weighted by Gasteiger charge is 2.28. The summed E-state index contributed by atoms with van der Waals surface area (Å²) in [5.41, 5.74) is 1.69. The van der Waals surface area contributed by atoms with Crippen molar-refractivity contribution >= 4 is 0 Å². The first kappa shape index (κ1) is 13.0. The molecule has 1 aromatic rings. The van der Waals surface area contributed by atoms with Crippen LogP contribution in [0.25, 0.3) is 0 Å². The molecule has 1 fully saturated rings. The van der Waals surface area contributed by atoms with Gasteiger partial charge in [0.2, 0.25) is 0 Å². The average Bonchev–Trinajstić information content (AvgIpc) is 3.00. The van der Waals surface area contributed by atoms with E-state index < -0.39 is 0 Å². The van der Waals surface area contributed by atoms with Crippen molar-refractivity contribution in [1.82, 2.24) is 15.0 Å². The normalized spacial score (nSPS) is 20.8. The second-order valence-electron chi connectivity index (χ2n) is 4.51. The molecule has 98 valence electrons. The zero-order valence-corrected chi connectivity index (χ0v) is 10.5. The Bertz CT molecular complexity index is 428. The van der Waals surface area contributed by atoms with E-state index in [1.165, 1.54) is 0 Å². The molecule has 2 unspecified atom stereocenters. The van der Waals surface area contributed by atoms with Gasteiger partial charge in [0.15, 0.2) is 0 Å². The molecule has 0 amide bonds. The van der Waals surface area contributed by atoms with Crippen molar-refractivity contribution in [3.8, 4) is 6.07 Å². The zero-order chi connectivity index (χ0) is 13.0. The van der Waals surface area contributed by atoms with E-state index in [0.29, 0.717) is 6.61 Å². The summed E-state index contributed by atoms with van der Waals surface area (Å²) in [5, 5.41) is 26.5. The molecule has 1 saturated heterocycles. The molecule has 0 bridgehead atoms. The number of aliphatic hydroxyl groups excluding tert-OH is 1. The van der Waals surface area contributed by atoms with Gasteiger partial charge in [0.25, 0.3) is 0 Å². The molecule has 0 aliphatic carbocycles. The molecule has 0 radical (unpaired) electrons. The lowest BCUT2D eigenvalue weighted by Crippen LogP contribution is -2.19. The standard InChI is InChI=1S/C12H18N4O2/c1-2-10(7-17)16-12(9-4-6-18-8-9)11(3-5-13)14-15-16/h9-10,17H,2-4,6-8H2,1H3. The van der Waals surface area contributed by atoms with Crippen molar-refractivity contribution in [2.75, 3.05) is 19.8 Å². The molecule has 6 heteroatoms. The lowest BCUT2D eigenvalue weighted by molar-refractivity contribution is 0.188. The Labute approximate surface area is 106 Å². The Balaban J connectivity index is 2.36. The molecule has 1 aliphatic heterocycles. The maximum Gasteiger partial charge on any atom is 0.100 e. The molecule has 1 aliphatic rings. The highest BCUT2D eigenvalue weighted by atomic mass is 16.5. The molecule has 0 spiro atoms. The fourth-order valence-electron chi connectivity index (χ4n) is 2.36. The van der Waals surface area contributed by atoms with Crippen LogP contribution < -0.4 is 0 Å². The van der Waals surface area contributed by atoms with E-state index in [9.17, 15) is 5.11 Å². The number of rotatable bonds is 5. The van der Waals surface area contributed by atoms with E-state index in [2.05, 4.69) is 16.4 Å². The fraction of sp³-hybridized carbons (Fsp3) is 0.750. The van der Waals surface area contributed by atoms with Crippen LogP contribution in [0.1, 0.15) is 43.1 Å². The SMILES string of the molecule is CCC(CO)n1nnc(CC#N)c1C1CCOC1. The summed E-state index contributed by atoms with van der Waals surface area (Å²) >= 11 is 0. The number of hydrogen-bond donors (Lipinski definition) is 1. The van der Waals surface area contributed by atoms with Gasteiger partial charge in [-0.15, -0.1) is 5.10 Å². The monoisotopic (exact) mass is 250 g/mol. The lowest BCUT2D eigenvalue weighted by atomic mass is 10.0. The topological polar surface area (TPSA) is 84.0 Å². The van der Waals surface area contributed by atoms with Gasteiger partial charge >= 0.3 is 0 Å². The number of ether oxygens (including phenoxy) is 1. The Kier molecular flexibility index (Phi) is 4.28. The molecule has 0 aromatic carbocycles. The van der Waals surface area contributed by atoms with Crippen molar-refractivity contribution in [2.45, 2.75) is 38.1 Å². The Morgan fingerprint density at radius 3 is 3.06 bits per heavy atom. The minimum Gasteiger partial charge on any atom is -0.394 e. The van der Waals surface area contributed by atoms with Crippen LogP contribution in [0.3, 0.4) is 0 Å². The predicted octanol–water partition coefficient (Wildman–Crippen LogP) is 0.791. The largest absolute Gasteiger partial charge is 0.394 e. The summed E-state index contributed by atoms with van der Waals surface area (Å²) in [7, 11) is 0. The molecule has 6 nitrogen and oxygen atoms in total. The van der Waals surface area contributed by atoms with Gasteiger partial charge in [-0.05, 0) is 12.8 Å². The lowest BCUT2D eigenvalue weighted by Gasteiger charge is -2.18. The van der Waals surface area contributed by atoms with Crippen LogP contribution in [0.4, 0.5) is 0 Å². The third-order valence-corrected chi connectivity index (χ3v) is 3.40. The van der Waals surface area contributed by atoms with Gasteiger partial charge in [-0.25, -0.2) is 4.68 Å². The quantitative estimate of drug-likeness (QED) is 0.835. The number of aliphatic hydroxyl groups is 1. The van der Waals surface area contributed by atoms with Crippen LogP contribution in [-0.2, 0) is 11.2 Å². The number of nitrogens with zero attached hydrogens (tertiary/aromatic N) is 4. The number of hydrogen-bond acceptors (Lipinski definition) is 5. The van der Waals surface area contributed by atoms with Crippen LogP contribution >= 0.6 is 0 Å². The van der Waals surface area contributed by atoms with Gasteiger partial charge in [-0.2, -0.15) is 5.26 Å². The van der Waals surface area contributed by atoms with E-state index in [0.717, 1.165) is 30.8 Å². The predicted molar refractivity (Wildman–Crippen MR) is 63.9 cm³/mol. The summed E-state index contributed by atoms with van der Waals surface area (Å²) in [6.07, 6.45) is 1.97. The molecule has 18 heavy (non-hydrogen) atoms. The van der Waals surface area contributed by atoms with E-state index in [4.69, 9.17) is 10.00 Å². The molecule has 2 atom stereocenters.